The highest BCUT2D eigenvalue weighted by Gasteiger charge is 2.26. The first-order valence-corrected chi connectivity index (χ1v) is 10.1. The Balaban J connectivity index is 1.68. The fourth-order valence-electron chi connectivity index (χ4n) is 3.88. The van der Waals surface area contributed by atoms with Gasteiger partial charge in [0, 0.05) is 36.4 Å². The third kappa shape index (κ3) is 3.99. The number of nitrogens with zero attached hydrogens (tertiary/aromatic N) is 3. The average molecular weight is 418 g/mol. The minimum atomic E-state index is -0.461. The van der Waals surface area contributed by atoms with Crippen LogP contribution in [0.1, 0.15) is 44.9 Å². The lowest BCUT2D eigenvalue weighted by atomic mass is 10.0. The molecule has 0 spiro atoms. The Morgan fingerprint density at radius 3 is 2.71 bits per heavy atom. The summed E-state index contributed by atoms with van der Waals surface area (Å²) in [5.74, 6) is 2.09. The van der Waals surface area contributed by atoms with Gasteiger partial charge in [-0.1, -0.05) is 18.2 Å². The van der Waals surface area contributed by atoms with Crippen LogP contribution in [0.3, 0.4) is 0 Å². The topological polar surface area (TPSA) is 74.2 Å². The molecule has 0 aliphatic heterocycles. The standard InChI is InChI=1S/C24H26N4O3/c1-16-14-20(17(2)28(16)15-18-8-7-13-31-18)24(29)26-22(23-25-11-12-27(23)3)19-9-5-6-10-21(19)30-4/h5-14,22H,15H2,1-4H3,(H,26,29). The number of carbonyl (C=O) groups excluding carboxylic acids is 1. The molecule has 1 unspecified atom stereocenters. The van der Waals surface area contributed by atoms with E-state index in [0.29, 0.717) is 17.9 Å². The Bertz CT molecular complexity index is 1190. The lowest BCUT2D eigenvalue weighted by Crippen LogP contribution is -2.31. The van der Waals surface area contributed by atoms with Crippen LogP contribution < -0.4 is 10.1 Å². The number of carbonyl (C=O) groups is 1. The van der Waals surface area contributed by atoms with Crippen LogP contribution in [0.15, 0.2) is 65.5 Å². The fraction of sp³-hybridized carbons (Fsp3) is 0.250. The van der Waals surface area contributed by atoms with Gasteiger partial charge in [0.2, 0.25) is 0 Å². The molecule has 0 saturated heterocycles. The molecule has 3 heterocycles. The summed E-state index contributed by atoms with van der Waals surface area (Å²) in [4.78, 5) is 17.9. The van der Waals surface area contributed by atoms with E-state index in [0.717, 1.165) is 28.5 Å². The van der Waals surface area contributed by atoms with Crippen molar-refractivity contribution in [2.75, 3.05) is 7.11 Å². The van der Waals surface area contributed by atoms with Crippen molar-refractivity contribution in [1.82, 2.24) is 19.4 Å². The van der Waals surface area contributed by atoms with Gasteiger partial charge in [-0.05, 0) is 38.1 Å². The van der Waals surface area contributed by atoms with Crippen LogP contribution in [0.2, 0.25) is 0 Å². The van der Waals surface area contributed by atoms with Crippen molar-refractivity contribution in [3.05, 3.63) is 95.2 Å². The van der Waals surface area contributed by atoms with Crippen LogP contribution in [-0.2, 0) is 13.6 Å². The number of amides is 1. The van der Waals surface area contributed by atoms with Crippen molar-refractivity contribution in [1.29, 1.82) is 0 Å². The van der Waals surface area contributed by atoms with Crippen LogP contribution in [0.4, 0.5) is 0 Å². The van der Waals surface area contributed by atoms with Gasteiger partial charge in [0.15, 0.2) is 0 Å². The van der Waals surface area contributed by atoms with Crippen LogP contribution in [-0.4, -0.2) is 27.1 Å². The Morgan fingerprint density at radius 2 is 2.03 bits per heavy atom. The predicted molar refractivity (Wildman–Crippen MR) is 117 cm³/mol. The van der Waals surface area contributed by atoms with Gasteiger partial charge in [0.1, 0.15) is 23.4 Å². The molecule has 1 amide bonds. The smallest absolute Gasteiger partial charge is 0.253 e. The Labute approximate surface area is 181 Å². The van der Waals surface area contributed by atoms with E-state index in [1.165, 1.54) is 0 Å². The van der Waals surface area contributed by atoms with E-state index in [1.54, 1.807) is 19.6 Å². The van der Waals surface area contributed by atoms with Gasteiger partial charge in [-0.2, -0.15) is 0 Å². The van der Waals surface area contributed by atoms with Gasteiger partial charge in [-0.25, -0.2) is 4.98 Å². The first kappa shape index (κ1) is 20.5. The van der Waals surface area contributed by atoms with E-state index in [9.17, 15) is 4.79 Å². The first-order valence-electron chi connectivity index (χ1n) is 10.1. The first-order chi connectivity index (χ1) is 15.0. The second-order valence-electron chi connectivity index (χ2n) is 7.50. The minimum absolute atomic E-state index is 0.169. The molecule has 4 rings (SSSR count). The lowest BCUT2D eigenvalue weighted by Gasteiger charge is -2.21. The lowest BCUT2D eigenvalue weighted by molar-refractivity contribution is 0.0940. The molecule has 0 aliphatic carbocycles. The number of aryl methyl sites for hydroxylation is 2. The molecule has 0 bridgehead atoms. The highest BCUT2D eigenvalue weighted by Crippen LogP contribution is 2.29. The largest absolute Gasteiger partial charge is 0.496 e. The van der Waals surface area contributed by atoms with Gasteiger partial charge in [0.05, 0.1) is 25.5 Å². The molecule has 4 aromatic rings. The summed E-state index contributed by atoms with van der Waals surface area (Å²) < 4.78 is 15.0. The summed E-state index contributed by atoms with van der Waals surface area (Å²) >= 11 is 0. The highest BCUT2D eigenvalue weighted by molar-refractivity contribution is 5.96. The van der Waals surface area contributed by atoms with Crippen LogP contribution >= 0.6 is 0 Å². The normalized spacial score (nSPS) is 12.0. The molecule has 0 radical (unpaired) electrons. The Kier molecular flexibility index (Phi) is 5.66. The summed E-state index contributed by atoms with van der Waals surface area (Å²) in [5, 5.41) is 3.17. The third-order valence-corrected chi connectivity index (χ3v) is 5.55. The summed E-state index contributed by atoms with van der Waals surface area (Å²) in [6.07, 6.45) is 5.24. The maximum absolute atomic E-state index is 13.4. The van der Waals surface area contributed by atoms with Crippen molar-refractivity contribution >= 4 is 5.91 Å². The molecule has 160 valence electrons. The summed E-state index contributed by atoms with van der Waals surface area (Å²) in [5.41, 5.74) is 3.34. The maximum atomic E-state index is 13.4. The number of rotatable bonds is 7. The average Bonchev–Trinajstić information content (AvgIpc) is 3.50. The summed E-state index contributed by atoms with van der Waals surface area (Å²) in [7, 11) is 3.53. The number of benzene rings is 1. The SMILES string of the molecule is COc1ccccc1C(NC(=O)c1cc(C)n(Cc2ccco2)c1C)c1nccn1C. The number of para-hydroxylation sites is 1. The molecule has 0 saturated carbocycles. The van der Waals surface area contributed by atoms with E-state index in [-0.39, 0.29) is 5.91 Å². The molecule has 1 N–H and O–H groups in total. The van der Waals surface area contributed by atoms with E-state index in [2.05, 4.69) is 14.9 Å². The second-order valence-corrected chi connectivity index (χ2v) is 7.50. The summed E-state index contributed by atoms with van der Waals surface area (Å²) in [6.45, 7) is 4.51. The highest BCUT2D eigenvalue weighted by atomic mass is 16.5. The van der Waals surface area contributed by atoms with Crippen LogP contribution in [0, 0.1) is 13.8 Å². The Hall–Kier alpha value is -3.74. The minimum Gasteiger partial charge on any atom is -0.496 e. The molecule has 0 fully saturated rings. The molecule has 31 heavy (non-hydrogen) atoms. The van der Waals surface area contributed by atoms with Crippen molar-refractivity contribution in [2.24, 2.45) is 7.05 Å². The van der Waals surface area contributed by atoms with Crippen LogP contribution in [0.25, 0.3) is 0 Å². The monoisotopic (exact) mass is 418 g/mol. The number of hydrogen-bond donors (Lipinski definition) is 1. The van der Waals surface area contributed by atoms with Crippen molar-refractivity contribution in [3.8, 4) is 5.75 Å². The zero-order valence-electron chi connectivity index (χ0n) is 18.1. The van der Waals surface area contributed by atoms with Crippen molar-refractivity contribution in [3.63, 3.8) is 0 Å². The molecule has 3 aromatic heterocycles. The van der Waals surface area contributed by atoms with Crippen LogP contribution in [0.5, 0.6) is 5.75 Å². The van der Waals surface area contributed by atoms with Gasteiger partial charge >= 0.3 is 0 Å². The number of methoxy groups -OCH3 is 1. The third-order valence-electron chi connectivity index (χ3n) is 5.55. The molecule has 7 nitrogen and oxygen atoms in total. The number of ether oxygens (including phenoxy) is 1. The molecule has 1 aromatic carbocycles. The van der Waals surface area contributed by atoms with Gasteiger partial charge < -0.3 is 23.6 Å². The van der Waals surface area contributed by atoms with Gasteiger partial charge in [-0.3, -0.25) is 4.79 Å². The number of aromatic nitrogens is 3. The van der Waals surface area contributed by atoms with Crippen molar-refractivity contribution in [2.45, 2.75) is 26.4 Å². The zero-order chi connectivity index (χ0) is 22.0. The molecule has 1 atom stereocenters. The number of furan rings is 1. The van der Waals surface area contributed by atoms with E-state index < -0.39 is 6.04 Å². The van der Waals surface area contributed by atoms with Crippen molar-refractivity contribution < 1.29 is 13.9 Å². The number of hydrogen-bond acceptors (Lipinski definition) is 4. The predicted octanol–water partition coefficient (Wildman–Crippen LogP) is 4.01. The van der Waals surface area contributed by atoms with Gasteiger partial charge in [-0.15, -0.1) is 0 Å². The maximum Gasteiger partial charge on any atom is 0.253 e. The zero-order valence-corrected chi connectivity index (χ0v) is 18.1. The molecule has 7 heteroatoms. The fourth-order valence-corrected chi connectivity index (χ4v) is 3.88. The Morgan fingerprint density at radius 1 is 1.23 bits per heavy atom. The second kappa shape index (κ2) is 8.55. The number of nitrogens with one attached hydrogen (secondary N) is 1. The van der Waals surface area contributed by atoms with Gasteiger partial charge in [0.25, 0.3) is 5.91 Å². The van der Waals surface area contributed by atoms with E-state index in [4.69, 9.17) is 9.15 Å². The van der Waals surface area contributed by atoms with E-state index >= 15 is 0 Å². The molecule has 0 aliphatic rings. The summed E-state index contributed by atoms with van der Waals surface area (Å²) in [6, 6.07) is 12.9. The number of imidazole rings is 1. The molecular formula is C24H26N4O3. The molecular weight excluding hydrogens is 392 g/mol. The van der Waals surface area contributed by atoms with E-state index in [1.807, 2.05) is 74.1 Å². The quantitative estimate of drug-likeness (QED) is 0.492.